The molecule has 6 nitrogen and oxygen atoms in total. The van der Waals surface area contributed by atoms with Crippen molar-refractivity contribution in [1.29, 1.82) is 0 Å². The molecule has 1 aromatic heterocycles. The van der Waals surface area contributed by atoms with Crippen molar-refractivity contribution >= 4 is 17.7 Å². The maximum atomic E-state index is 12.3. The second kappa shape index (κ2) is 8.44. The summed E-state index contributed by atoms with van der Waals surface area (Å²) in [6.45, 7) is 12.2. The lowest BCUT2D eigenvalue weighted by Gasteiger charge is -2.34. The largest absolute Gasteiger partial charge is 0.339 e. The predicted octanol–water partition coefficient (Wildman–Crippen LogP) is 3.22. The van der Waals surface area contributed by atoms with E-state index in [9.17, 15) is 4.79 Å². The summed E-state index contributed by atoms with van der Waals surface area (Å²) >= 11 is 1.70. The van der Waals surface area contributed by atoms with Crippen LogP contribution in [0, 0.1) is 6.92 Å². The van der Waals surface area contributed by atoms with Crippen molar-refractivity contribution in [3.63, 3.8) is 0 Å². The van der Waals surface area contributed by atoms with E-state index >= 15 is 0 Å². The molecule has 1 aliphatic rings. The number of amides is 1. The van der Waals surface area contributed by atoms with E-state index in [1.165, 1.54) is 5.56 Å². The minimum Gasteiger partial charge on any atom is -0.339 e. The number of benzene rings is 1. The topological polar surface area (TPSA) is 62.5 Å². The number of carbonyl (C=O) groups excluding carboxylic acids is 1. The third-order valence-electron chi connectivity index (χ3n) is 4.49. The van der Waals surface area contributed by atoms with Crippen LogP contribution in [0.1, 0.15) is 32.2 Å². The van der Waals surface area contributed by atoms with Gasteiger partial charge in [0.05, 0.1) is 12.3 Å². The van der Waals surface area contributed by atoms with Crippen LogP contribution in [0.25, 0.3) is 11.4 Å². The number of piperazine rings is 1. The van der Waals surface area contributed by atoms with Crippen molar-refractivity contribution < 1.29 is 9.32 Å². The average Bonchev–Trinajstić information content (AvgIpc) is 3.09. The number of nitrogens with zero attached hydrogens (tertiary/aromatic N) is 4. The number of rotatable bonds is 5. The molecule has 0 saturated carbocycles. The number of aromatic nitrogens is 2. The zero-order valence-corrected chi connectivity index (χ0v) is 17.4. The van der Waals surface area contributed by atoms with Gasteiger partial charge in [0.15, 0.2) is 0 Å². The minimum atomic E-state index is 0.116. The summed E-state index contributed by atoms with van der Waals surface area (Å²) in [5, 5.41) is 4.09. The van der Waals surface area contributed by atoms with Crippen molar-refractivity contribution in [2.45, 2.75) is 39.0 Å². The molecule has 2 aromatic rings. The Labute approximate surface area is 165 Å². The van der Waals surface area contributed by atoms with Crippen LogP contribution >= 0.6 is 11.8 Å². The summed E-state index contributed by atoms with van der Waals surface area (Å²) in [7, 11) is 0. The number of aryl methyl sites for hydroxylation is 1. The summed E-state index contributed by atoms with van der Waals surface area (Å²) in [6.07, 6.45) is 0. The average molecular weight is 389 g/mol. The molecule has 0 N–H and O–H groups in total. The van der Waals surface area contributed by atoms with Gasteiger partial charge in [0.2, 0.25) is 17.6 Å². The van der Waals surface area contributed by atoms with Gasteiger partial charge in [-0.2, -0.15) is 4.98 Å². The quantitative estimate of drug-likeness (QED) is 0.784. The first-order chi connectivity index (χ1) is 12.8. The fourth-order valence-corrected chi connectivity index (χ4v) is 3.59. The van der Waals surface area contributed by atoms with Crippen molar-refractivity contribution in [2.24, 2.45) is 0 Å². The van der Waals surface area contributed by atoms with E-state index in [2.05, 4.69) is 42.7 Å². The molecule has 0 bridgehead atoms. The molecule has 146 valence electrons. The van der Waals surface area contributed by atoms with Crippen molar-refractivity contribution in [1.82, 2.24) is 19.9 Å². The lowest BCUT2D eigenvalue weighted by molar-refractivity contribution is -0.130. The van der Waals surface area contributed by atoms with E-state index in [-0.39, 0.29) is 10.7 Å². The predicted molar refractivity (Wildman–Crippen MR) is 109 cm³/mol. The van der Waals surface area contributed by atoms with Crippen LogP contribution in [0.2, 0.25) is 0 Å². The highest BCUT2D eigenvalue weighted by Crippen LogP contribution is 2.23. The van der Waals surface area contributed by atoms with Crippen molar-refractivity contribution in [2.75, 3.05) is 31.9 Å². The third kappa shape index (κ3) is 5.81. The van der Waals surface area contributed by atoms with E-state index in [0.29, 0.717) is 24.0 Å². The van der Waals surface area contributed by atoms with Gasteiger partial charge in [-0.05, 0) is 6.92 Å². The fourth-order valence-electron chi connectivity index (χ4n) is 2.86. The van der Waals surface area contributed by atoms with Gasteiger partial charge in [-0.1, -0.05) is 55.8 Å². The van der Waals surface area contributed by atoms with E-state index in [1.807, 2.05) is 29.2 Å². The van der Waals surface area contributed by atoms with Gasteiger partial charge < -0.3 is 9.42 Å². The number of hydrogen-bond donors (Lipinski definition) is 0. The molecular formula is C20H28N4O2S. The van der Waals surface area contributed by atoms with Gasteiger partial charge in [0.25, 0.3) is 0 Å². The van der Waals surface area contributed by atoms with E-state index < -0.39 is 0 Å². The van der Waals surface area contributed by atoms with Crippen LogP contribution in [0.15, 0.2) is 28.8 Å². The zero-order chi connectivity index (χ0) is 19.4. The second-order valence-electron chi connectivity index (χ2n) is 7.94. The van der Waals surface area contributed by atoms with Crippen LogP contribution < -0.4 is 0 Å². The van der Waals surface area contributed by atoms with Crippen molar-refractivity contribution in [3.8, 4) is 11.4 Å². The molecule has 1 fully saturated rings. The van der Waals surface area contributed by atoms with E-state index in [0.717, 1.165) is 31.7 Å². The Morgan fingerprint density at radius 3 is 2.44 bits per heavy atom. The molecule has 7 heteroatoms. The summed E-state index contributed by atoms with van der Waals surface area (Å²) in [5.74, 6) is 2.02. The summed E-state index contributed by atoms with van der Waals surface area (Å²) in [5.41, 5.74) is 2.16. The molecule has 0 radical (unpaired) electrons. The molecule has 1 aromatic carbocycles. The van der Waals surface area contributed by atoms with Crippen LogP contribution in [-0.4, -0.2) is 62.5 Å². The highest BCUT2D eigenvalue weighted by atomic mass is 32.2. The molecular weight excluding hydrogens is 360 g/mol. The van der Waals surface area contributed by atoms with Crippen LogP contribution in [-0.2, 0) is 11.3 Å². The number of thioether (sulfide) groups is 1. The van der Waals surface area contributed by atoms with Gasteiger partial charge in [-0.3, -0.25) is 9.69 Å². The SMILES string of the molecule is Cc1ccc(-c2noc(CN3CCN(C(=O)CSC(C)(C)C)CC3)n2)cc1. The van der Waals surface area contributed by atoms with Crippen molar-refractivity contribution in [3.05, 3.63) is 35.7 Å². The first-order valence-electron chi connectivity index (χ1n) is 9.34. The Kier molecular flexibility index (Phi) is 6.22. The molecule has 0 unspecified atom stereocenters. The maximum Gasteiger partial charge on any atom is 0.241 e. The van der Waals surface area contributed by atoms with Gasteiger partial charge in [-0.15, -0.1) is 11.8 Å². The third-order valence-corrected chi connectivity index (χ3v) is 5.75. The minimum absolute atomic E-state index is 0.116. The highest BCUT2D eigenvalue weighted by molar-refractivity contribution is 8.01. The molecule has 0 spiro atoms. The van der Waals surface area contributed by atoms with Crippen LogP contribution in [0.5, 0.6) is 0 Å². The Balaban J connectivity index is 1.48. The smallest absolute Gasteiger partial charge is 0.241 e. The fraction of sp³-hybridized carbons (Fsp3) is 0.550. The molecule has 0 atom stereocenters. The molecule has 2 heterocycles. The lowest BCUT2D eigenvalue weighted by atomic mass is 10.1. The standard InChI is InChI=1S/C20H28N4O2S/c1-15-5-7-16(8-6-15)19-21-17(26-22-19)13-23-9-11-24(12-10-23)18(25)14-27-20(2,3)4/h5-8H,9-14H2,1-4H3. The van der Waals surface area contributed by atoms with E-state index in [4.69, 9.17) is 4.52 Å². The molecule has 1 amide bonds. The van der Waals surface area contributed by atoms with Gasteiger partial charge in [-0.25, -0.2) is 0 Å². The number of hydrogen-bond acceptors (Lipinski definition) is 6. The van der Waals surface area contributed by atoms with Gasteiger partial charge >= 0.3 is 0 Å². The second-order valence-corrected chi connectivity index (χ2v) is 9.74. The monoisotopic (exact) mass is 388 g/mol. The highest BCUT2D eigenvalue weighted by Gasteiger charge is 2.24. The van der Waals surface area contributed by atoms with Crippen LogP contribution in [0.3, 0.4) is 0 Å². The Hall–Kier alpha value is -1.86. The summed E-state index contributed by atoms with van der Waals surface area (Å²) < 4.78 is 5.53. The Morgan fingerprint density at radius 2 is 1.81 bits per heavy atom. The first-order valence-corrected chi connectivity index (χ1v) is 10.3. The lowest BCUT2D eigenvalue weighted by Crippen LogP contribution is -2.49. The summed E-state index contributed by atoms with van der Waals surface area (Å²) in [6, 6.07) is 8.09. The summed E-state index contributed by atoms with van der Waals surface area (Å²) in [4.78, 5) is 21.1. The molecule has 0 aliphatic carbocycles. The molecule has 1 aliphatic heterocycles. The zero-order valence-electron chi connectivity index (χ0n) is 16.6. The molecule has 3 rings (SSSR count). The number of carbonyl (C=O) groups is 1. The Bertz CT molecular complexity index is 759. The van der Waals surface area contributed by atoms with Gasteiger partial charge in [0, 0.05) is 36.5 Å². The Morgan fingerprint density at radius 1 is 1.15 bits per heavy atom. The maximum absolute atomic E-state index is 12.3. The van der Waals surface area contributed by atoms with Gasteiger partial charge in [0.1, 0.15) is 0 Å². The first kappa shape index (κ1) is 19.9. The normalized spacial score (nSPS) is 15.9. The molecule has 1 saturated heterocycles. The van der Waals surface area contributed by atoms with Crippen LogP contribution in [0.4, 0.5) is 0 Å². The molecule has 27 heavy (non-hydrogen) atoms. The van der Waals surface area contributed by atoms with E-state index in [1.54, 1.807) is 11.8 Å².